The van der Waals surface area contributed by atoms with E-state index in [4.69, 9.17) is 15.5 Å². The van der Waals surface area contributed by atoms with Crippen LogP contribution in [0.4, 0.5) is 20.4 Å². The number of hydrogen-bond donors (Lipinski definition) is 1. The second-order valence-corrected chi connectivity index (χ2v) is 9.67. The van der Waals surface area contributed by atoms with E-state index >= 15 is 0 Å². The zero-order valence-electron chi connectivity index (χ0n) is 22.2. The summed E-state index contributed by atoms with van der Waals surface area (Å²) in [6.45, 7) is 1.46. The van der Waals surface area contributed by atoms with Crippen molar-refractivity contribution < 1.29 is 13.5 Å². The minimum absolute atomic E-state index is 0.0852. The molecule has 2 N–H and O–H groups in total. The Balaban J connectivity index is 1.24. The molecule has 6 heterocycles. The fourth-order valence-electron chi connectivity index (χ4n) is 5.03. The molecule has 41 heavy (non-hydrogen) atoms. The first-order chi connectivity index (χ1) is 19.9. The highest BCUT2D eigenvalue weighted by molar-refractivity contribution is 5.90. The molecule has 0 aliphatic carbocycles. The van der Waals surface area contributed by atoms with Gasteiger partial charge in [-0.25, -0.2) is 19.2 Å². The maximum absolute atomic E-state index is 13.1. The van der Waals surface area contributed by atoms with Gasteiger partial charge in [-0.2, -0.15) is 19.1 Å². The molecule has 1 aliphatic heterocycles. The smallest absolute Gasteiger partial charge is 0.333 e. The van der Waals surface area contributed by atoms with E-state index in [1.54, 1.807) is 19.5 Å². The first-order valence-corrected chi connectivity index (χ1v) is 12.9. The highest BCUT2D eigenvalue weighted by atomic mass is 19.3. The minimum atomic E-state index is -2.75. The number of aromatic nitrogens is 6. The van der Waals surface area contributed by atoms with E-state index in [-0.39, 0.29) is 11.4 Å². The highest BCUT2D eigenvalue weighted by Gasteiger charge is 2.21. The summed E-state index contributed by atoms with van der Waals surface area (Å²) >= 11 is 0. The minimum Gasteiger partial charge on any atom is -0.481 e. The number of methoxy groups -OCH3 is 1. The third kappa shape index (κ3) is 5.12. The first kappa shape index (κ1) is 26.1. The summed E-state index contributed by atoms with van der Waals surface area (Å²) in [5, 5.41) is 17.8. The summed E-state index contributed by atoms with van der Waals surface area (Å²) in [7, 11) is 1.60. The Morgan fingerprint density at radius 2 is 1.83 bits per heavy atom. The van der Waals surface area contributed by atoms with Crippen LogP contribution in [0, 0.1) is 11.3 Å². The van der Waals surface area contributed by atoms with E-state index in [2.05, 4.69) is 31.1 Å². The van der Waals surface area contributed by atoms with Crippen LogP contribution in [0.2, 0.25) is 0 Å². The zero-order chi connectivity index (χ0) is 28.5. The fraction of sp³-hybridized carbons (Fsp3) is 0.250. The number of rotatable bonds is 7. The van der Waals surface area contributed by atoms with E-state index in [0.717, 1.165) is 49.7 Å². The molecule has 13 heteroatoms. The van der Waals surface area contributed by atoms with Crippen LogP contribution in [0.15, 0.2) is 61.3 Å². The molecule has 0 unspecified atom stereocenters. The van der Waals surface area contributed by atoms with Gasteiger partial charge in [-0.15, -0.1) is 5.10 Å². The van der Waals surface area contributed by atoms with Crippen LogP contribution in [0.1, 0.15) is 17.7 Å². The molecule has 5 aromatic rings. The lowest BCUT2D eigenvalue weighted by atomic mass is 10.0. The molecule has 208 valence electrons. The Morgan fingerprint density at radius 3 is 2.46 bits per heavy atom. The van der Waals surface area contributed by atoms with Crippen LogP contribution in [-0.2, 0) is 6.54 Å². The summed E-state index contributed by atoms with van der Waals surface area (Å²) in [6, 6.07) is 11.7. The SMILES string of the molecule is COc1ccc(CN2CCN(c3ccc(-c4cc(-c5cnn(C(F)F)c5)cn5nc(N)c(C#N)c45)cn3)CC2)cn1. The van der Waals surface area contributed by atoms with Gasteiger partial charge < -0.3 is 15.4 Å². The molecule has 1 saturated heterocycles. The van der Waals surface area contributed by atoms with Crippen LogP contribution in [0.25, 0.3) is 27.8 Å². The molecule has 0 radical (unpaired) electrons. The maximum atomic E-state index is 13.1. The second kappa shape index (κ2) is 10.8. The zero-order valence-corrected chi connectivity index (χ0v) is 22.2. The molecule has 1 fully saturated rings. The number of nitrogen functional groups attached to an aromatic ring is 1. The molecular weight excluding hydrogens is 530 g/mol. The quantitative estimate of drug-likeness (QED) is 0.318. The lowest BCUT2D eigenvalue weighted by Gasteiger charge is -2.35. The number of pyridine rings is 3. The van der Waals surface area contributed by atoms with Crippen LogP contribution < -0.4 is 15.4 Å². The normalized spacial score (nSPS) is 14.1. The van der Waals surface area contributed by atoms with Gasteiger partial charge in [0, 0.05) is 85.8 Å². The van der Waals surface area contributed by atoms with Gasteiger partial charge >= 0.3 is 6.55 Å². The number of fused-ring (bicyclic) bond motifs is 1. The fourth-order valence-corrected chi connectivity index (χ4v) is 5.03. The van der Waals surface area contributed by atoms with Crippen molar-refractivity contribution in [3.05, 3.63) is 72.4 Å². The standard InChI is InChI=1S/C28H26F2N10O/c1-41-25-5-2-18(12-34-25)15-37-6-8-38(9-7-37)24-4-3-19(13-33-24)22-10-20(21-14-35-40(17-21)28(29)30)16-39-26(22)23(11-31)27(32)36-39/h2-5,10,12-14,16-17,28H,6-9,15H2,1H3,(H2,32,36). The van der Waals surface area contributed by atoms with Gasteiger partial charge in [-0.1, -0.05) is 6.07 Å². The molecule has 0 bridgehead atoms. The number of alkyl halides is 2. The Hall–Kier alpha value is -5.09. The van der Waals surface area contributed by atoms with Crippen molar-refractivity contribution >= 4 is 17.2 Å². The number of piperazine rings is 1. The number of ether oxygens (including phenoxy) is 1. The monoisotopic (exact) mass is 556 g/mol. The van der Waals surface area contributed by atoms with E-state index in [1.165, 1.54) is 16.9 Å². The van der Waals surface area contributed by atoms with Gasteiger partial charge in [-0.05, 0) is 23.8 Å². The largest absolute Gasteiger partial charge is 0.481 e. The van der Waals surface area contributed by atoms with Crippen molar-refractivity contribution in [3.63, 3.8) is 0 Å². The van der Waals surface area contributed by atoms with Gasteiger partial charge in [0.15, 0.2) is 5.82 Å². The third-order valence-electron chi connectivity index (χ3n) is 7.17. The lowest BCUT2D eigenvalue weighted by Crippen LogP contribution is -2.46. The average molecular weight is 557 g/mol. The summed E-state index contributed by atoms with van der Waals surface area (Å²) in [6.07, 6.45) is 7.86. The van der Waals surface area contributed by atoms with Crippen LogP contribution in [0.5, 0.6) is 5.88 Å². The molecule has 11 nitrogen and oxygen atoms in total. The van der Waals surface area contributed by atoms with Gasteiger partial charge in [0.25, 0.3) is 0 Å². The van der Waals surface area contributed by atoms with Crippen LogP contribution in [-0.4, -0.2) is 67.6 Å². The Kier molecular flexibility index (Phi) is 6.90. The number of nitriles is 1. The van der Waals surface area contributed by atoms with Crippen LogP contribution >= 0.6 is 0 Å². The molecule has 0 aromatic carbocycles. The summed E-state index contributed by atoms with van der Waals surface area (Å²) in [4.78, 5) is 13.6. The number of anilines is 2. The van der Waals surface area contributed by atoms with Crippen molar-refractivity contribution in [2.75, 3.05) is 43.9 Å². The predicted molar refractivity (Wildman–Crippen MR) is 148 cm³/mol. The summed E-state index contributed by atoms with van der Waals surface area (Å²) in [5.41, 5.74) is 10.4. The van der Waals surface area contributed by atoms with E-state index in [9.17, 15) is 14.0 Å². The van der Waals surface area contributed by atoms with Gasteiger partial charge in [0.2, 0.25) is 5.88 Å². The topological polar surface area (TPSA) is 126 Å². The number of halogens is 2. The van der Waals surface area contributed by atoms with Gasteiger partial charge in [0.1, 0.15) is 17.5 Å². The predicted octanol–water partition coefficient (Wildman–Crippen LogP) is 3.83. The van der Waals surface area contributed by atoms with Crippen molar-refractivity contribution in [3.8, 4) is 34.2 Å². The second-order valence-electron chi connectivity index (χ2n) is 9.67. The third-order valence-corrected chi connectivity index (χ3v) is 7.17. The van der Waals surface area contributed by atoms with Gasteiger partial charge in [-0.3, -0.25) is 4.90 Å². The highest BCUT2D eigenvalue weighted by Crippen LogP contribution is 2.34. The molecule has 5 aromatic heterocycles. The maximum Gasteiger partial charge on any atom is 0.333 e. The summed E-state index contributed by atoms with van der Waals surface area (Å²) in [5.74, 6) is 1.53. The summed E-state index contributed by atoms with van der Waals surface area (Å²) < 4.78 is 33.5. The molecule has 0 saturated carbocycles. The van der Waals surface area contributed by atoms with Crippen LogP contribution in [0.3, 0.4) is 0 Å². The number of hydrogen-bond acceptors (Lipinski definition) is 9. The van der Waals surface area contributed by atoms with Crippen molar-refractivity contribution in [2.45, 2.75) is 13.1 Å². The lowest BCUT2D eigenvalue weighted by molar-refractivity contribution is 0.0566. The molecule has 0 spiro atoms. The van der Waals surface area contributed by atoms with E-state index in [0.29, 0.717) is 32.8 Å². The number of nitrogens with two attached hydrogens (primary N) is 1. The van der Waals surface area contributed by atoms with E-state index in [1.807, 2.05) is 36.5 Å². The average Bonchev–Trinajstić information content (AvgIpc) is 3.62. The molecule has 1 aliphatic rings. The first-order valence-electron chi connectivity index (χ1n) is 12.9. The molecule has 0 amide bonds. The Bertz CT molecular complexity index is 1720. The molecule has 0 atom stereocenters. The Morgan fingerprint density at radius 1 is 1.00 bits per heavy atom. The van der Waals surface area contributed by atoms with E-state index < -0.39 is 6.55 Å². The van der Waals surface area contributed by atoms with Gasteiger partial charge in [0.05, 0.1) is 18.8 Å². The Labute approximate surface area is 234 Å². The number of nitrogens with zero attached hydrogens (tertiary/aromatic N) is 9. The molecule has 6 rings (SSSR count). The van der Waals surface area contributed by atoms with Crippen molar-refractivity contribution in [1.29, 1.82) is 5.26 Å². The molecular formula is C28H26F2N10O. The van der Waals surface area contributed by atoms with Crippen molar-refractivity contribution in [2.24, 2.45) is 0 Å². The van der Waals surface area contributed by atoms with Crippen molar-refractivity contribution in [1.82, 2.24) is 34.3 Å².